The monoisotopic (exact) mass is 112 g/mol. The van der Waals surface area contributed by atoms with E-state index in [0.717, 1.165) is 0 Å². The van der Waals surface area contributed by atoms with Crippen molar-refractivity contribution >= 4 is 5.91 Å². The Bertz CT molecular complexity index is 180. The van der Waals surface area contributed by atoms with Crippen LogP contribution < -0.4 is 5.73 Å². The van der Waals surface area contributed by atoms with Gasteiger partial charge in [-0.25, -0.2) is 0 Å². The molecule has 1 heterocycles. The van der Waals surface area contributed by atoms with Gasteiger partial charge in [-0.2, -0.15) is 4.98 Å². The number of primary amides is 1. The maximum Gasteiger partial charge on any atom is 0.316 e. The second kappa shape index (κ2) is 1.61. The van der Waals surface area contributed by atoms with Crippen molar-refractivity contribution in [2.24, 2.45) is 5.73 Å². The number of aromatic nitrogens is 2. The molecule has 2 N–H and O–H groups in total. The van der Waals surface area contributed by atoms with Crippen molar-refractivity contribution < 1.29 is 9.32 Å². The molecule has 41 valence electrons. The largest absolute Gasteiger partial charge is 0.363 e. The average molecular weight is 112 g/mol. The summed E-state index contributed by atoms with van der Waals surface area (Å²) in [6.45, 7) is 0. The summed E-state index contributed by atoms with van der Waals surface area (Å²) in [6, 6.07) is 0. The van der Waals surface area contributed by atoms with Crippen molar-refractivity contribution in [1.82, 2.24) is 10.1 Å². The van der Waals surface area contributed by atoms with Gasteiger partial charge >= 0.3 is 6.39 Å². The van der Waals surface area contributed by atoms with Crippen molar-refractivity contribution in [3.63, 3.8) is 0 Å². The third-order valence-corrected chi connectivity index (χ3v) is 0.545. The van der Waals surface area contributed by atoms with E-state index in [-0.39, 0.29) is 5.82 Å². The number of nitrogens with zero attached hydrogens (tertiary/aromatic N) is 2. The molecule has 1 aromatic heterocycles. The Morgan fingerprint density at radius 3 is 2.88 bits per heavy atom. The minimum atomic E-state index is -0.713. The molecule has 0 bridgehead atoms. The van der Waals surface area contributed by atoms with E-state index in [1.807, 2.05) is 6.39 Å². The predicted molar refractivity (Wildman–Crippen MR) is 21.7 cm³/mol. The van der Waals surface area contributed by atoms with Gasteiger partial charge in [0.2, 0.25) is 0 Å². The quantitative estimate of drug-likeness (QED) is 0.503. The first-order valence-electron chi connectivity index (χ1n) is 1.80. The number of amides is 1. The average Bonchev–Trinajstić information content (AvgIpc) is 2.12. The van der Waals surface area contributed by atoms with Crippen LogP contribution in [0.15, 0.2) is 4.52 Å². The molecule has 0 atom stereocenters. The molecule has 0 unspecified atom stereocenters. The molecule has 1 rings (SSSR count). The summed E-state index contributed by atoms with van der Waals surface area (Å²) in [5.41, 5.74) is 4.71. The first-order valence-corrected chi connectivity index (χ1v) is 1.80. The van der Waals surface area contributed by atoms with Gasteiger partial charge in [0.1, 0.15) is 0 Å². The van der Waals surface area contributed by atoms with Crippen molar-refractivity contribution in [1.29, 1.82) is 0 Å². The van der Waals surface area contributed by atoms with Gasteiger partial charge in [-0.1, -0.05) is 5.16 Å². The van der Waals surface area contributed by atoms with Crippen molar-refractivity contribution in [3.05, 3.63) is 12.2 Å². The van der Waals surface area contributed by atoms with Crippen LogP contribution in [0.1, 0.15) is 10.6 Å². The maximum atomic E-state index is 10.1. The Balaban J connectivity index is 2.93. The lowest BCUT2D eigenvalue weighted by Gasteiger charge is -1.75. The Hall–Kier alpha value is -1.39. The van der Waals surface area contributed by atoms with E-state index < -0.39 is 5.91 Å². The van der Waals surface area contributed by atoms with Gasteiger partial charge in [0, 0.05) is 0 Å². The highest BCUT2D eigenvalue weighted by Crippen LogP contribution is 1.81. The van der Waals surface area contributed by atoms with E-state index in [0.29, 0.717) is 0 Å². The van der Waals surface area contributed by atoms with Crippen LogP contribution in [0.4, 0.5) is 0 Å². The molecule has 1 aromatic rings. The van der Waals surface area contributed by atoms with E-state index in [2.05, 4.69) is 14.7 Å². The van der Waals surface area contributed by atoms with Gasteiger partial charge in [0.15, 0.2) is 0 Å². The molecular formula is C3H2N3O2. The van der Waals surface area contributed by atoms with Crippen LogP contribution in [0.5, 0.6) is 0 Å². The zero-order valence-electron chi connectivity index (χ0n) is 3.79. The fourth-order valence-electron chi connectivity index (χ4n) is 0.248. The molecule has 0 saturated heterocycles. The fraction of sp³-hybridized carbons (Fsp3) is 0. The van der Waals surface area contributed by atoms with Crippen LogP contribution >= 0.6 is 0 Å². The van der Waals surface area contributed by atoms with Gasteiger partial charge in [-0.05, 0) is 0 Å². The lowest BCUT2D eigenvalue weighted by molar-refractivity contribution is 0.0987. The smallest absolute Gasteiger partial charge is 0.316 e. The molecule has 0 aliphatic carbocycles. The highest BCUT2D eigenvalue weighted by atomic mass is 16.5. The molecule has 0 aliphatic rings. The lowest BCUT2D eigenvalue weighted by atomic mass is 10.6. The molecular weight excluding hydrogens is 110 g/mol. The summed E-state index contributed by atoms with van der Waals surface area (Å²) in [4.78, 5) is 13.3. The van der Waals surface area contributed by atoms with Crippen LogP contribution in [-0.2, 0) is 0 Å². The zero-order chi connectivity index (χ0) is 5.98. The Kier molecular flexibility index (Phi) is 0.957. The molecule has 5 heteroatoms. The molecule has 0 fully saturated rings. The molecule has 0 aliphatic heterocycles. The first-order chi connectivity index (χ1) is 3.80. The SMILES string of the molecule is NC(=O)c1n[c]on1. The molecule has 0 aromatic carbocycles. The van der Waals surface area contributed by atoms with Crippen LogP contribution in [0, 0.1) is 6.39 Å². The number of hydrogen-bond acceptors (Lipinski definition) is 4. The second-order valence-electron chi connectivity index (χ2n) is 1.07. The molecule has 1 amide bonds. The highest BCUT2D eigenvalue weighted by molar-refractivity contribution is 5.88. The molecule has 0 spiro atoms. The minimum Gasteiger partial charge on any atom is -0.363 e. The van der Waals surface area contributed by atoms with E-state index >= 15 is 0 Å². The predicted octanol–water partition coefficient (Wildman–Crippen LogP) is -1.03. The number of hydrogen-bond donors (Lipinski definition) is 1. The lowest BCUT2D eigenvalue weighted by Crippen LogP contribution is -2.12. The van der Waals surface area contributed by atoms with Crippen molar-refractivity contribution in [3.8, 4) is 0 Å². The topological polar surface area (TPSA) is 82.0 Å². The number of nitrogens with two attached hydrogens (primary N) is 1. The van der Waals surface area contributed by atoms with Gasteiger partial charge in [-0.3, -0.25) is 4.79 Å². The summed E-state index contributed by atoms with van der Waals surface area (Å²) >= 11 is 0. The van der Waals surface area contributed by atoms with E-state index in [9.17, 15) is 4.79 Å². The van der Waals surface area contributed by atoms with Gasteiger partial charge in [-0.15, -0.1) is 0 Å². The van der Waals surface area contributed by atoms with Gasteiger partial charge in [0.05, 0.1) is 0 Å². The van der Waals surface area contributed by atoms with Crippen LogP contribution in [-0.4, -0.2) is 16.0 Å². The molecule has 0 saturated carbocycles. The Morgan fingerprint density at radius 1 is 1.88 bits per heavy atom. The van der Waals surface area contributed by atoms with E-state index in [4.69, 9.17) is 5.73 Å². The standard InChI is InChI=1S/C3H2N3O2/c4-2(7)3-5-1-8-6-3/h(H2,4,7). The van der Waals surface area contributed by atoms with Crippen LogP contribution in [0.2, 0.25) is 0 Å². The normalized spacial score (nSPS) is 9.00. The summed E-state index contributed by atoms with van der Waals surface area (Å²) in [6.07, 6.45) is 1.97. The number of carbonyl (C=O) groups is 1. The molecule has 5 nitrogen and oxygen atoms in total. The fourth-order valence-corrected chi connectivity index (χ4v) is 0.248. The van der Waals surface area contributed by atoms with Crippen LogP contribution in [0.25, 0.3) is 0 Å². The zero-order valence-corrected chi connectivity index (χ0v) is 3.79. The highest BCUT2D eigenvalue weighted by Gasteiger charge is 2.03. The second-order valence-corrected chi connectivity index (χ2v) is 1.07. The van der Waals surface area contributed by atoms with E-state index in [1.165, 1.54) is 0 Å². The number of carbonyl (C=O) groups excluding carboxylic acids is 1. The summed E-state index contributed by atoms with van der Waals surface area (Å²) in [5, 5.41) is 3.10. The molecule has 8 heavy (non-hydrogen) atoms. The third kappa shape index (κ3) is 0.651. The van der Waals surface area contributed by atoms with Gasteiger partial charge in [0.25, 0.3) is 11.7 Å². The number of rotatable bonds is 1. The summed E-state index contributed by atoms with van der Waals surface area (Å²) in [7, 11) is 0. The van der Waals surface area contributed by atoms with Gasteiger partial charge < -0.3 is 10.3 Å². The first kappa shape index (κ1) is 4.76. The van der Waals surface area contributed by atoms with Crippen molar-refractivity contribution in [2.45, 2.75) is 0 Å². The summed E-state index contributed by atoms with van der Waals surface area (Å²) in [5.74, 6) is -0.861. The third-order valence-electron chi connectivity index (χ3n) is 0.545. The van der Waals surface area contributed by atoms with E-state index in [1.54, 1.807) is 0 Å². The minimum absolute atomic E-state index is 0.148. The summed E-state index contributed by atoms with van der Waals surface area (Å²) < 4.78 is 4.09. The molecule has 1 radical (unpaired) electrons. The Morgan fingerprint density at radius 2 is 2.62 bits per heavy atom. The Labute approximate surface area is 44.5 Å². The van der Waals surface area contributed by atoms with Crippen LogP contribution in [0.3, 0.4) is 0 Å². The maximum absolute atomic E-state index is 10.1. The van der Waals surface area contributed by atoms with Crippen molar-refractivity contribution in [2.75, 3.05) is 0 Å².